The number of nitrogens with one attached hydrogen (secondary N) is 1. The number of carbonyl (C=O) groups is 1. The maximum atomic E-state index is 12.4. The molecule has 1 atom stereocenters. The van der Waals surface area contributed by atoms with E-state index in [1.54, 1.807) is 6.20 Å². The van der Waals surface area contributed by atoms with Crippen LogP contribution in [0, 0.1) is 0 Å². The summed E-state index contributed by atoms with van der Waals surface area (Å²) >= 11 is 0. The first-order valence-electron chi connectivity index (χ1n) is 10.6. The zero-order valence-electron chi connectivity index (χ0n) is 16.5. The number of hydrogen-bond acceptors (Lipinski definition) is 6. The largest absolute Gasteiger partial charge is 0.454 e. The van der Waals surface area contributed by atoms with Crippen molar-refractivity contribution in [3.8, 4) is 11.5 Å². The SMILES string of the molecule is O=C(NC1CCCC1)c1cn([C@@H]2CCCN(Cc3ccc4c(c3)OCO4)C2)nn1. The van der Waals surface area contributed by atoms with Crippen molar-refractivity contribution in [2.45, 2.75) is 57.2 Å². The lowest BCUT2D eigenvalue weighted by Crippen LogP contribution is -2.36. The number of hydrogen-bond donors (Lipinski definition) is 1. The molecule has 1 saturated carbocycles. The highest BCUT2D eigenvalue weighted by Gasteiger charge is 2.25. The number of amides is 1. The van der Waals surface area contributed by atoms with Crippen LogP contribution in [0.4, 0.5) is 0 Å². The topological polar surface area (TPSA) is 81.5 Å². The smallest absolute Gasteiger partial charge is 0.273 e. The average molecular weight is 397 g/mol. The third-order valence-electron chi connectivity index (χ3n) is 6.13. The van der Waals surface area contributed by atoms with E-state index in [4.69, 9.17) is 9.47 Å². The highest BCUT2D eigenvalue weighted by atomic mass is 16.7. The van der Waals surface area contributed by atoms with Crippen LogP contribution in [0.3, 0.4) is 0 Å². The maximum Gasteiger partial charge on any atom is 0.273 e. The molecule has 1 aromatic heterocycles. The molecule has 0 spiro atoms. The molecule has 1 aliphatic carbocycles. The van der Waals surface area contributed by atoms with Gasteiger partial charge < -0.3 is 14.8 Å². The Kier molecular flexibility index (Phi) is 5.10. The van der Waals surface area contributed by atoms with Crippen molar-refractivity contribution < 1.29 is 14.3 Å². The molecule has 0 radical (unpaired) electrons. The lowest BCUT2D eigenvalue weighted by molar-refractivity contribution is 0.0932. The number of benzene rings is 1. The number of aromatic nitrogens is 3. The van der Waals surface area contributed by atoms with Gasteiger partial charge in [-0.2, -0.15) is 0 Å². The van der Waals surface area contributed by atoms with Crippen LogP contribution in [0.2, 0.25) is 0 Å². The average Bonchev–Trinajstić information content (AvgIpc) is 3.49. The standard InChI is InChI=1S/C21H27N5O3/c27-21(22-16-4-1-2-5-16)18-13-26(24-23-18)17-6-3-9-25(12-17)11-15-7-8-19-20(10-15)29-14-28-19/h7-8,10,13,16-17H,1-6,9,11-12,14H2,(H,22,27)/t17-/m1/s1. The van der Waals surface area contributed by atoms with E-state index in [9.17, 15) is 4.79 Å². The Morgan fingerprint density at radius 1 is 1.14 bits per heavy atom. The molecule has 2 fully saturated rings. The first-order valence-corrected chi connectivity index (χ1v) is 10.6. The molecule has 1 saturated heterocycles. The molecule has 2 aromatic rings. The number of piperidine rings is 1. The lowest BCUT2D eigenvalue weighted by atomic mass is 10.0. The maximum absolute atomic E-state index is 12.4. The third-order valence-corrected chi connectivity index (χ3v) is 6.13. The predicted octanol–water partition coefficient (Wildman–Crippen LogP) is 2.52. The fourth-order valence-electron chi connectivity index (χ4n) is 4.58. The van der Waals surface area contributed by atoms with Crippen molar-refractivity contribution >= 4 is 5.91 Å². The minimum absolute atomic E-state index is 0.101. The number of rotatable bonds is 5. The van der Waals surface area contributed by atoms with Gasteiger partial charge >= 0.3 is 0 Å². The normalized spacial score (nSPS) is 22.1. The fraction of sp³-hybridized carbons (Fsp3) is 0.571. The lowest BCUT2D eigenvalue weighted by Gasteiger charge is -2.32. The molecule has 3 aliphatic rings. The Hall–Kier alpha value is -2.61. The van der Waals surface area contributed by atoms with Gasteiger partial charge in [-0.05, 0) is 49.9 Å². The van der Waals surface area contributed by atoms with Gasteiger partial charge in [0, 0.05) is 19.1 Å². The molecule has 0 bridgehead atoms. The number of nitrogens with zero attached hydrogens (tertiary/aromatic N) is 4. The molecule has 29 heavy (non-hydrogen) atoms. The number of carbonyl (C=O) groups excluding carboxylic acids is 1. The molecule has 1 aromatic carbocycles. The number of likely N-dealkylation sites (tertiary alicyclic amines) is 1. The van der Waals surface area contributed by atoms with E-state index in [0.717, 1.165) is 56.8 Å². The Bertz CT molecular complexity index is 877. The van der Waals surface area contributed by atoms with E-state index in [0.29, 0.717) is 18.5 Å². The Balaban J connectivity index is 1.20. The van der Waals surface area contributed by atoms with E-state index in [-0.39, 0.29) is 11.9 Å². The van der Waals surface area contributed by atoms with Crippen molar-refractivity contribution in [2.75, 3.05) is 19.9 Å². The predicted molar refractivity (Wildman–Crippen MR) is 106 cm³/mol. The monoisotopic (exact) mass is 397 g/mol. The van der Waals surface area contributed by atoms with Crippen LogP contribution in [0.25, 0.3) is 0 Å². The Morgan fingerprint density at radius 3 is 2.90 bits per heavy atom. The molecule has 8 heteroatoms. The van der Waals surface area contributed by atoms with Crippen LogP contribution in [0.5, 0.6) is 11.5 Å². The molecular weight excluding hydrogens is 370 g/mol. The molecule has 8 nitrogen and oxygen atoms in total. The van der Waals surface area contributed by atoms with Crippen molar-refractivity contribution in [2.24, 2.45) is 0 Å². The summed E-state index contributed by atoms with van der Waals surface area (Å²) in [6, 6.07) is 6.66. The van der Waals surface area contributed by atoms with Crippen molar-refractivity contribution in [1.29, 1.82) is 0 Å². The van der Waals surface area contributed by atoms with E-state index < -0.39 is 0 Å². The number of ether oxygens (including phenoxy) is 2. The van der Waals surface area contributed by atoms with Crippen LogP contribution in [0.1, 0.15) is 60.6 Å². The molecule has 3 heterocycles. The summed E-state index contributed by atoms with van der Waals surface area (Å²) in [6.07, 6.45) is 8.47. The second-order valence-corrected chi connectivity index (χ2v) is 8.26. The zero-order valence-corrected chi connectivity index (χ0v) is 16.5. The van der Waals surface area contributed by atoms with E-state index in [1.807, 2.05) is 10.7 Å². The van der Waals surface area contributed by atoms with Gasteiger partial charge in [-0.1, -0.05) is 24.1 Å². The van der Waals surface area contributed by atoms with Crippen molar-refractivity contribution in [3.63, 3.8) is 0 Å². The summed E-state index contributed by atoms with van der Waals surface area (Å²) in [5, 5.41) is 11.5. The van der Waals surface area contributed by atoms with Gasteiger partial charge in [-0.15, -0.1) is 5.10 Å². The highest BCUT2D eigenvalue weighted by Crippen LogP contribution is 2.33. The van der Waals surface area contributed by atoms with Crippen molar-refractivity contribution in [1.82, 2.24) is 25.2 Å². The first-order chi connectivity index (χ1) is 14.2. The molecular formula is C21H27N5O3. The van der Waals surface area contributed by atoms with E-state index in [2.05, 4.69) is 32.7 Å². The summed E-state index contributed by atoms with van der Waals surface area (Å²) < 4.78 is 12.8. The van der Waals surface area contributed by atoms with Gasteiger partial charge in [0.25, 0.3) is 5.91 Å². The van der Waals surface area contributed by atoms with Crippen LogP contribution in [-0.2, 0) is 6.54 Å². The minimum atomic E-state index is -0.101. The molecule has 1 amide bonds. The van der Waals surface area contributed by atoms with Gasteiger partial charge in [-0.3, -0.25) is 9.69 Å². The summed E-state index contributed by atoms with van der Waals surface area (Å²) in [4.78, 5) is 14.9. The second kappa shape index (κ2) is 8.02. The van der Waals surface area contributed by atoms with Crippen LogP contribution in [0.15, 0.2) is 24.4 Å². The Morgan fingerprint density at radius 2 is 2.00 bits per heavy atom. The molecule has 5 rings (SSSR count). The van der Waals surface area contributed by atoms with Gasteiger partial charge in [-0.25, -0.2) is 4.68 Å². The minimum Gasteiger partial charge on any atom is -0.454 e. The first kappa shape index (κ1) is 18.4. The van der Waals surface area contributed by atoms with Gasteiger partial charge in [0.05, 0.1) is 12.2 Å². The second-order valence-electron chi connectivity index (χ2n) is 8.26. The zero-order chi connectivity index (χ0) is 19.6. The quantitative estimate of drug-likeness (QED) is 0.835. The van der Waals surface area contributed by atoms with Crippen LogP contribution in [-0.4, -0.2) is 51.7 Å². The number of fused-ring (bicyclic) bond motifs is 1. The fourth-order valence-corrected chi connectivity index (χ4v) is 4.58. The molecule has 1 N–H and O–H groups in total. The van der Waals surface area contributed by atoms with Gasteiger partial charge in [0.15, 0.2) is 17.2 Å². The van der Waals surface area contributed by atoms with Gasteiger partial charge in [0.1, 0.15) is 0 Å². The van der Waals surface area contributed by atoms with Gasteiger partial charge in [0.2, 0.25) is 6.79 Å². The third kappa shape index (κ3) is 4.07. The molecule has 2 aliphatic heterocycles. The van der Waals surface area contributed by atoms with Crippen molar-refractivity contribution in [3.05, 3.63) is 35.7 Å². The Labute approximate surface area is 170 Å². The summed E-state index contributed by atoms with van der Waals surface area (Å²) in [7, 11) is 0. The summed E-state index contributed by atoms with van der Waals surface area (Å²) in [5.74, 6) is 1.54. The molecule has 0 unspecified atom stereocenters. The van der Waals surface area contributed by atoms with Crippen LogP contribution >= 0.6 is 0 Å². The summed E-state index contributed by atoms with van der Waals surface area (Å²) in [6.45, 7) is 3.10. The highest BCUT2D eigenvalue weighted by molar-refractivity contribution is 5.92. The van der Waals surface area contributed by atoms with E-state index >= 15 is 0 Å². The van der Waals surface area contributed by atoms with Crippen LogP contribution < -0.4 is 14.8 Å². The molecule has 154 valence electrons. The van der Waals surface area contributed by atoms with E-state index in [1.165, 1.54) is 18.4 Å². The summed E-state index contributed by atoms with van der Waals surface area (Å²) in [5.41, 5.74) is 1.63.